The predicted octanol–water partition coefficient (Wildman–Crippen LogP) is 0.933. The van der Waals surface area contributed by atoms with Gasteiger partial charge in [0, 0.05) is 13.6 Å². The summed E-state index contributed by atoms with van der Waals surface area (Å²) in [5.74, 6) is 0.420. The molecule has 0 spiro atoms. The first-order valence-corrected chi connectivity index (χ1v) is 5.58. The number of carbonyl (C=O) groups excluding carboxylic acids is 1. The molecule has 0 saturated heterocycles. The molecule has 1 aromatic carbocycles. The molecule has 7 nitrogen and oxygen atoms in total. The van der Waals surface area contributed by atoms with Crippen molar-refractivity contribution in [1.82, 2.24) is 15.2 Å². The Balaban J connectivity index is 2.06. The molecule has 0 aliphatic rings. The van der Waals surface area contributed by atoms with E-state index in [0.29, 0.717) is 6.54 Å². The van der Waals surface area contributed by atoms with E-state index in [0.717, 1.165) is 11.3 Å². The second-order valence-corrected chi connectivity index (χ2v) is 4.01. The summed E-state index contributed by atoms with van der Waals surface area (Å²) in [7, 11) is 3.26. The molecule has 100 valence electrons. The Bertz CT molecular complexity index is 565. The van der Waals surface area contributed by atoms with Gasteiger partial charge in [-0.1, -0.05) is 12.1 Å². The van der Waals surface area contributed by atoms with Gasteiger partial charge in [0.1, 0.15) is 5.75 Å². The summed E-state index contributed by atoms with van der Waals surface area (Å²) in [6.45, 7) is 0.426. The number of methoxy groups -OCH3 is 1. The van der Waals surface area contributed by atoms with Crippen molar-refractivity contribution in [2.45, 2.75) is 6.54 Å². The standard InChI is InChI=1S/C12H14N4O3/c1-16(12(17)10-11(13)15-19-14-10)7-8-3-5-9(18-2)6-4-8/h3-6H,7H2,1-2H3,(H2,13,15). The van der Waals surface area contributed by atoms with Crippen LogP contribution in [0.4, 0.5) is 5.82 Å². The number of nitrogen functional groups attached to an aromatic ring is 1. The van der Waals surface area contributed by atoms with E-state index < -0.39 is 0 Å². The summed E-state index contributed by atoms with van der Waals surface area (Å²) in [5.41, 5.74) is 6.47. The third kappa shape index (κ3) is 2.82. The quantitative estimate of drug-likeness (QED) is 0.880. The number of hydrogen-bond acceptors (Lipinski definition) is 6. The van der Waals surface area contributed by atoms with E-state index in [9.17, 15) is 4.79 Å². The van der Waals surface area contributed by atoms with Crippen LogP contribution in [0.25, 0.3) is 0 Å². The summed E-state index contributed by atoms with van der Waals surface area (Å²) in [6.07, 6.45) is 0. The normalized spacial score (nSPS) is 10.2. The lowest BCUT2D eigenvalue weighted by Gasteiger charge is -2.15. The number of nitrogens with two attached hydrogens (primary N) is 1. The zero-order valence-corrected chi connectivity index (χ0v) is 10.7. The molecule has 0 aliphatic heterocycles. The lowest BCUT2D eigenvalue weighted by atomic mass is 10.2. The van der Waals surface area contributed by atoms with Crippen LogP contribution in [0.5, 0.6) is 5.75 Å². The summed E-state index contributed by atoms with van der Waals surface area (Å²) in [6, 6.07) is 7.43. The first-order valence-electron chi connectivity index (χ1n) is 5.58. The summed E-state index contributed by atoms with van der Waals surface area (Å²) in [5, 5.41) is 6.86. The maximum atomic E-state index is 12.0. The van der Waals surface area contributed by atoms with Gasteiger partial charge in [-0.05, 0) is 28.0 Å². The van der Waals surface area contributed by atoms with E-state index in [1.165, 1.54) is 4.90 Å². The van der Waals surface area contributed by atoms with Crippen LogP contribution in [0.2, 0.25) is 0 Å². The molecule has 2 N–H and O–H groups in total. The van der Waals surface area contributed by atoms with Crippen molar-refractivity contribution in [3.8, 4) is 5.75 Å². The van der Waals surface area contributed by atoms with Crippen molar-refractivity contribution in [2.75, 3.05) is 19.9 Å². The number of nitrogens with zero attached hydrogens (tertiary/aromatic N) is 3. The number of benzene rings is 1. The Morgan fingerprint density at radius 3 is 2.58 bits per heavy atom. The van der Waals surface area contributed by atoms with Gasteiger partial charge in [-0.3, -0.25) is 4.79 Å². The molecule has 0 bridgehead atoms. The molecular weight excluding hydrogens is 248 g/mol. The minimum Gasteiger partial charge on any atom is -0.497 e. The highest BCUT2D eigenvalue weighted by atomic mass is 16.6. The van der Waals surface area contributed by atoms with Crippen LogP contribution in [0.1, 0.15) is 16.1 Å². The van der Waals surface area contributed by atoms with E-state index >= 15 is 0 Å². The van der Waals surface area contributed by atoms with E-state index in [4.69, 9.17) is 10.5 Å². The zero-order valence-electron chi connectivity index (χ0n) is 10.7. The summed E-state index contributed by atoms with van der Waals surface area (Å²) in [4.78, 5) is 13.5. The average molecular weight is 262 g/mol. The highest BCUT2D eigenvalue weighted by Crippen LogP contribution is 2.14. The highest BCUT2D eigenvalue weighted by Gasteiger charge is 2.20. The molecule has 0 radical (unpaired) electrons. The molecule has 19 heavy (non-hydrogen) atoms. The highest BCUT2D eigenvalue weighted by molar-refractivity contribution is 5.95. The fourth-order valence-corrected chi connectivity index (χ4v) is 1.60. The van der Waals surface area contributed by atoms with Crippen molar-refractivity contribution in [2.24, 2.45) is 0 Å². The molecule has 0 saturated carbocycles. The molecule has 1 heterocycles. The Hall–Kier alpha value is -2.57. The second kappa shape index (κ2) is 5.38. The minimum atomic E-state index is -0.338. The molecule has 1 amide bonds. The van der Waals surface area contributed by atoms with Crippen molar-refractivity contribution < 1.29 is 14.2 Å². The van der Waals surface area contributed by atoms with Gasteiger partial charge < -0.3 is 15.4 Å². The molecule has 1 aromatic heterocycles. The van der Waals surface area contributed by atoms with E-state index in [2.05, 4.69) is 14.9 Å². The lowest BCUT2D eigenvalue weighted by Crippen LogP contribution is -2.27. The van der Waals surface area contributed by atoms with Crippen LogP contribution in [0.3, 0.4) is 0 Å². The molecular formula is C12H14N4O3. The number of anilines is 1. The van der Waals surface area contributed by atoms with Crippen molar-refractivity contribution in [3.63, 3.8) is 0 Å². The van der Waals surface area contributed by atoms with Crippen LogP contribution >= 0.6 is 0 Å². The summed E-state index contributed by atoms with van der Waals surface area (Å²) >= 11 is 0. The number of rotatable bonds is 4. The fraction of sp³-hybridized carbons (Fsp3) is 0.250. The largest absolute Gasteiger partial charge is 0.497 e. The van der Waals surface area contributed by atoms with Gasteiger partial charge in [-0.25, -0.2) is 4.63 Å². The molecule has 0 aliphatic carbocycles. The van der Waals surface area contributed by atoms with Crippen LogP contribution in [0, 0.1) is 0 Å². The van der Waals surface area contributed by atoms with E-state index in [1.807, 2.05) is 24.3 Å². The third-order valence-electron chi connectivity index (χ3n) is 2.64. The maximum absolute atomic E-state index is 12.0. The predicted molar refractivity (Wildman–Crippen MR) is 67.5 cm³/mol. The van der Waals surface area contributed by atoms with Gasteiger partial charge in [0.15, 0.2) is 0 Å². The Labute approximate surface area is 109 Å². The first kappa shape index (κ1) is 12.9. The molecule has 2 rings (SSSR count). The van der Waals surface area contributed by atoms with Crippen LogP contribution in [-0.4, -0.2) is 35.3 Å². The monoisotopic (exact) mass is 262 g/mol. The molecule has 0 fully saturated rings. The van der Waals surface area contributed by atoms with Crippen LogP contribution in [-0.2, 0) is 6.54 Å². The SMILES string of the molecule is COc1ccc(CN(C)C(=O)c2nonc2N)cc1. The Morgan fingerprint density at radius 2 is 2.05 bits per heavy atom. The van der Waals surface area contributed by atoms with Gasteiger partial charge in [0.2, 0.25) is 11.5 Å². The number of carbonyl (C=O) groups is 1. The van der Waals surface area contributed by atoms with Gasteiger partial charge >= 0.3 is 0 Å². The van der Waals surface area contributed by atoms with Gasteiger partial charge in [-0.2, -0.15) is 0 Å². The molecule has 0 atom stereocenters. The fourth-order valence-electron chi connectivity index (χ4n) is 1.60. The topological polar surface area (TPSA) is 94.5 Å². The Morgan fingerprint density at radius 1 is 1.37 bits per heavy atom. The number of amides is 1. The lowest BCUT2D eigenvalue weighted by molar-refractivity contribution is 0.0774. The van der Waals surface area contributed by atoms with Crippen LogP contribution in [0.15, 0.2) is 28.9 Å². The average Bonchev–Trinajstić information content (AvgIpc) is 2.85. The zero-order chi connectivity index (χ0) is 13.8. The van der Waals surface area contributed by atoms with Gasteiger partial charge in [-0.15, -0.1) is 0 Å². The van der Waals surface area contributed by atoms with Crippen LogP contribution < -0.4 is 10.5 Å². The minimum absolute atomic E-state index is 0.00780. The maximum Gasteiger partial charge on any atom is 0.280 e. The first-order chi connectivity index (χ1) is 9.11. The van der Waals surface area contributed by atoms with Crippen molar-refractivity contribution in [3.05, 3.63) is 35.5 Å². The summed E-state index contributed by atoms with van der Waals surface area (Å²) < 4.78 is 9.48. The molecule has 0 unspecified atom stereocenters. The smallest absolute Gasteiger partial charge is 0.280 e. The van der Waals surface area contributed by atoms with Crippen molar-refractivity contribution in [1.29, 1.82) is 0 Å². The van der Waals surface area contributed by atoms with Crippen molar-refractivity contribution >= 4 is 11.7 Å². The molecule has 2 aromatic rings. The number of ether oxygens (including phenoxy) is 1. The van der Waals surface area contributed by atoms with Gasteiger partial charge in [0.05, 0.1) is 7.11 Å². The van der Waals surface area contributed by atoms with E-state index in [1.54, 1.807) is 14.2 Å². The number of aromatic nitrogens is 2. The van der Waals surface area contributed by atoms with Gasteiger partial charge in [0.25, 0.3) is 5.91 Å². The third-order valence-corrected chi connectivity index (χ3v) is 2.64. The van der Waals surface area contributed by atoms with E-state index in [-0.39, 0.29) is 17.4 Å². The molecule has 7 heteroatoms. The number of hydrogen-bond donors (Lipinski definition) is 1. The Kier molecular flexibility index (Phi) is 3.65. The second-order valence-electron chi connectivity index (χ2n) is 4.01.